The van der Waals surface area contributed by atoms with Crippen LogP contribution in [0.5, 0.6) is 0 Å². The van der Waals surface area contributed by atoms with Gasteiger partial charge in [0, 0.05) is 37.8 Å². The number of nitrogens with two attached hydrogens (primary N) is 2. The molecule has 0 aromatic carbocycles. The summed E-state index contributed by atoms with van der Waals surface area (Å²) in [7, 11) is 3.36. The highest BCUT2D eigenvalue weighted by Gasteiger charge is 2.38. The van der Waals surface area contributed by atoms with Gasteiger partial charge >= 0.3 is 0 Å². The van der Waals surface area contributed by atoms with E-state index in [1.165, 1.54) is 0 Å². The summed E-state index contributed by atoms with van der Waals surface area (Å²) in [5.41, 5.74) is 11.6. The number of thioether (sulfide) groups is 1. The molecule has 5 heteroatoms. The van der Waals surface area contributed by atoms with Crippen LogP contribution in [0.25, 0.3) is 0 Å². The molecule has 0 unspecified atom stereocenters. The van der Waals surface area contributed by atoms with Crippen LogP contribution in [0.15, 0.2) is 0 Å². The molecule has 0 radical (unpaired) electrons. The maximum absolute atomic E-state index is 6.00. The third kappa shape index (κ3) is 2.35. The Balaban J connectivity index is 2.52. The van der Waals surface area contributed by atoms with Gasteiger partial charge in [0.1, 0.15) is 0 Å². The number of methoxy groups -OCH3 is 2. The van der Waals surface area contributed by atoms with Crippen molar-refractivity contribution in [3.05, 3.63) is 0 Å². The molecular formula is C8H18N2O2S. The van der Waals surface area contributed by atoms with Gasteiger partial charge in [0.05, 0.1) is 12.2 Å². The predicted octanol–water partition coefficient (Wildman–Crippen LogP) is -0.582. The van der Waals surface area contributed by atoms with E-state index in [9.17, 15) is 0 Å². The zero-order valence-electron chi connectivity index (χ0n) is 8.10. The van der Waals surface area contributed by atoms with Crippen molar-refractivity contribution in [1.82, 2.24) is 0 Å². The smallest absolute Gasteiger partial charge is 0.0827 e. The van der Waals surface area contributed by atoms with Crippen LogP contribution in [-0.4, -0.2) is 50.0 Å². The number of hydrogen-bond acceptors (Lipinski definition) is 5. The molecule has 0 bridgehead atoms. The first kappa shape index (κ1) is 11.3. The quantitative estimate of drug-likeness (QED) is 0.644. The van der Waals surface area contributed by atoms with Crippen molar-refractivity contribution in [2.24, 2.45) is 11.5 Å². The van der Waals surface area contributed by atoms with E-state index in [4.69, 9.17) is 20.9 Å². The zero-order chi connectivity index (χ0) is 9.84. The van der Waals surface area contributed by atoms with Gasteiger partial charge in [-0.3, -0.25) is 0 Å². The summed E-state index contributed by atoms with van der Waals surface area (Å²) in [5.74, 6) is 0.933. The fraction of sp³-hybridized carbons (Fsp3) is 1.00. The number of ether oxygens (including phenoxy) is 2. The summed E-state index contributed by atoms with van der Waals surface area (Å²) in [6, 6.07) is 0.0310. The van der Waals surface area contributed by atoms with Crippen molar-refractivity contribution in [2.45, 2.75) is 23.5 Å². The second-order valence-corrected chi connectivity index (χ2v) is 4.37. The summed E-state index contributed by atoms with van der Waals surface area (Å²) in [5, 5.41) is 0.264. The molecular weight excluding hydrogens is 188 g/mol. The van der Waals surface area contributed by atoms with Gasteiger partial charge in [-0.25, -0.2) is 0 Å². The van der Waals surface area contributed by atoms with Gasteiger partial charge in [0.2, 0.25) is 0 Å². The maximum atomic E-state index is 6.00. The Bertz CT molecular complexity index is 155. The summed E-state index contributed by atoms with van der Waals surface area (Å²) in [4.78, 5) is 0. The SMILES string of the molecule is CO[C@@H](CN)[C@@H]1SC[C@@H](OC)[C@@H]1N. The minimum absolute atomic E-state index is 0.0310. The van der Waals surface area contributed by atoms with Crippen molar-refractivity contribution >= 4 is 11.8 Å². The molecule has 0 amide bonds. The van der Waals surface area contributed by atoms with Gasteiger partial charge in [-0.15, -0.1) is 0 Å². The molecule has 1 aliphatic rings. The molecule has 1 saturated heterocycles. The fourth-order valence-electron chi connectivity index (χ4n) is 1.58. The van der Waals surface area contributed by atoms with E-state index in [-0.39, 0.29) is 23.5 Å². The van der Waals surface area contributed by atoms with Crippen LogP contribution < -0.4 is 11.5 Å². The van der Waals surface area contributed by atoms with Crippen molar-refractivity contribution in [2.75, 3.05) is 26.5 Å². The van der Waals surface area contributed by atoms with E-state index in [0.717, 1.165) is 5.75 Å². The van der Waals surface area contributed by atoms with Gasteiger partial charge in [-0.1, -0.05) is 0 Å². The Hall–Kier alpha value is 0.190. The Labute approximate surface area is 83.3 Å². The molecule has 0 saturated carbocycles. The second kappa shape index (κ2) is 5.17. The van der Waals surface area contributed by atoms with Crippen LogP contribution in [0, 0.1) is 0 Å². The van der Waals surface area contributed by atoms with E-state index in [1.807, 2.05) is 0 Å². The van der Waals surface area contributed by atoms with Crippen LogP contribution in [0.1, 0.15) is 0 Å². The van der Waals surface area contributed by atoms with E-state index < -0.39 is 0 Å². The molecule has 1 heterocycles. The summed E-state index contributed by atoms with van der Waals surface area (Å²) >= 11 is 1.79. The third-order valence-electron chi connectivity index (χ3n) is 2.47. The molecule has 1 rings (SSSR count). The molecule has 4 atom stereocenters. The first-order valence-electron chi connectivity index (χ1n) is 4.37. The van der Waals surface area contributed by atoms with Gasteiger partial charge in [-0.2, -0.15) is 11.8 Å². The lowest BCUT2D eigenvalue weighted by Gasteiger charge is -2.24. The Morgan fingerprint density at radius 3 is 2.62 bits per heavy atom. The normalized spacial score (nSPS) is 36.5. The van der Waals surface area contributed by atoms with Crippen LogP contribution >= 0.6 is 11.8 Å². The topological polar surface area (TPSA) is 70.5 Å². The minimum atomic E-state index is 0.0310. The molecule has 0 aliphatic carbocycles. The highest BCUT2D eigenvalue weighted by molar-refractivity contribution is 8.00. The standard InChI is InChI=1S/C8H18N2O2S/c1-11-5(3-9)8-7(10)6(12-2)4-13-8/h5-8H,3-4,9-10H2,1-2H3/t5-,6+,7-,8-/m0/s1. The van der Waals surface area contributed by atoms with Gasteiger partial charge in [0.25, 0.3) is 0 Å². The maximum Gasteiger partial charge on any atom is 0.0827 e. The Morgan fingerprint density at radius 1 is 1.54 bits per heavy atom. The monoisotopic (exact) mass is 206 g/mol. The van der Waals surface area contributed by atoms with E-state index in [2.05, 4.69) is 0 Å². The first-order chi connectivity index (χ1) is 6.24. The number of rotatable bonds is 4. The summed E-state index contributed by atoms with van der Waals surface area (Å²) in [6.07, 6.45) is 0.180. The van der Waals surface area contributed by atoms with Gasteiger partial charge in [0.15, 0.2) is 0 Å². The Morgan fingerprint density at radius 2 is 2.23 bits per heavy atom. The van der Waals surface area contributed by atoms with Crippen molar-refractivity contribution < 1.29 is 9.47 Å². The lowest BCUT2D eigenvalue weighted by molar-refractivity contribution is 0.0667. The van der Waals surface area contributed by atoms with Crippen molar-refractivity contribution in [3.63, 3.8) is 0 Å². The lowest BCUT2D eigenvalue weighted by atomic mass is 10.1. The van der Waals surface area contributed by atoms with E-state index >= 15 is 0 Å². The highest BCUT2D eigenvalue weighted by Crippen LogP contribution is 2.30. The summed E-state index contributed by atoms with van der Waals surface area (Å²) in [6.45, 7) is 0.512. The average Bonchev–Trinajstić information content (AvgIpc) is 2.50. The Kier molecular flexibility index (Phi) is 4.48. The minimum Gasteiger partial charge on any atom is -0.379 e. The van der Waals surface area contributed by atoms with Gasteiger partial charge in [-0.05, 0) is 0 Å². The molecule has 78 valence electrons. The zero-order valence-corrected chi connectivity index (χ0v) is 8.92. The van der Waals surface area contributed by atoms with E-state index in [1.54, 1.807) is 26.0 Å². The molecule has 0 spiro atoms. The lowest BCUT2D eigenvalue weighted by Crippen LogP contribution is -2.47. The molecule has 13 heavy (non-hydrogen) atoms. The van der Waals surface area contributed by atoms with Crippen LogP contribution in [-0.2, 0) is 9.47 Å². The first-order valence-corrected chi connectivity index (χ1v) is 5.42. The molecule has 1 aliphatic heterocycles. The summed E-state index contributed by atoms with van der Waals surface area (Å²) < 4.78 is 10.5. The molecule has 0 aromatic heterocycles. The average molecular weight is 206 g/mol. The van der Waals surface area contributed by atoms with Crippen LogP contribution in [0.3, 0.4) is 0 Å². The largest absolute Gasteiger partial charge is 0.379 e. The predicted molar refractivity (Wildman–Crippen MR) is 54.9 cm³/mol. The molecule has 1 fully saturated rings. The molecule has 0 aromatic rings. The molecule has 4 N–H and O–H groups in total. The molecule has 4 nitrogen and oxygen atoms in total. The third-order valence-corrected chi connectivity index (χ3v) is 3.99. The van der Waals surface area contributed by atoms with Crippen molar-refractivity contribution in [3.8, 4) is 0 Å². The van der Waals surface area contributed by atoms with Crippen LogP contribution in [0.2, 0.25) is 0 Å². The second-order valence-electron chi connectivity index (χ2n) is 3.16. The highest BCUT2D eigenvalue weighted by atomic mass is 32.2. The van der Waals surface area contributed by atoms with Crippen LogP contribution in [0.4, 0.5) is 0 Å². The number of hydrogen-bond donors (Lipinski definition) is 2. The van der Waals surface area contributed by atoms with Gasteiger partial charge < -0.3 is 20.9 Å². The fourth-order valence-corrected chi connectivity index (χ4v) is 3.19. The van der Waals surface area contributed by atoms with E-state index in [0.29, 0.717) is 6.54 Å². The van der Waals surface area contributed by atoms with Crippen molar-refractivity contribution in [1.29, 1.82) is 0 Å².